The molecule has 1 aromatic rings. The molecule has 0 radical (unpaired) electrons. The topological polar surface area (TPSA) is 33.7 Å². The maximum Gasteiger partial charge on any atom is 0.260 e. The second kappa shape index (κ2) is 7.25. The van der Waals surface area contributed by atoms with Crippen LogP contribution >= 0.6 is 8.53 Å². The van der Waals surface area contributed by atoms with E-state index in [1.165, 1.54) is 5.56 Å². The van der Waals surface area contributed by atoms with Crippen LogP contribution in [0.2, 0.25) is 0 Å². The van der Waals surface area contributed by atoms with Gasteiger partial charge in [-0.2, -0.15) is 0 Å². The highest BCUT2D eigenvalue weighted by Gasteiger charge is 2.45. The third kappa shape index (κ3) is 4.81. The van der Waals surface area contributed by atoms with E-state index < -0.39 is 8.53 Å². The van der Waals surface area contributed by atoms with E-state index in [-0.39, 0.29) is 23.3 Å². The van der Waals surface area contributed by atoms with Crippen molar-refractivity contribution in [2.75, 3.05) is 0 Å². The summed E-state index contributed by atoms with van der Waals surface area (Å²) in [5.74, 6) is 0. The van der Waals surface area contributed by atoms with Gasteiger partial charge in [0.25, 0.3) is 8.53 Å². The molecule has 2 aliphatic rings. The second-order valence-corrected chi connectivity index (χ2v) is 10.3. The minimum absolute atomic E-state index is 0.105. The zero-order chi connectivity index (χ0) is 18.2. The highest BCUT2D eigenvalue weighted by molar-refractivity contribution is 7.44. The molecule has 0 aliphatic carbocycles. The maximum absolute atomic E-state index is 6.25. The summed E-state index contributed by atoms with van der Waals surface area (Å²) >= 11 is 0. The summed E-state index contributed by atoms with van der Waals surface area (Å²) in [6.45, 7) is 14.3. The van der Waals surface area contributed by atoms with Crippen LogP contribution in [-0.4, -0.2) is 34.0 Å². The van der Waals surface area contributed by atoms with Gasteiger partial charge >= 0.3 is 0 Å². The van der Waals surface area contributed by atoms with Crippen LogP contribution < -0.4 is 5.32 Å². The van der Waals surface area contributed by atoms with Crippen molar-refractivity contribution >= 4 is 8.53 Å². The highest BCUT2D eigenvalue weighted by Crippen LogP contribution is 2.55. The maximum atomic E-state index is 6.25. The highest BCUT2D eigenvalue weighted by atomic mass is 31.2. The number of hydrogen-bond acceptors (Lipinski definition) is 4. The van der Waals surface area contributed by atoms with Crippen LogP contribution in [0.1, 0.15) is 59.9 Å². The minimum atomic E-state index is -1.01. The van der Waals surface area contributed by atoms with Crippen molar-refractivity contribution in [1.29, 1.82) is 0 Å². The molecule has 2 atom stereocenters. The number of hydrogen-bond donors (Lipinski definition) is 1. The Bertz CT molecular complexity index is 552. The summed E-state index contributed by atoms with van der Waals surface area (Å²) in [5.41, 5.74) is 1.53. The fourth-order valence-electron chi connectivity index (χ4n) is 4.17. The largest absolute Gasteiger partial charge is 0.316 e. The third-order valence-corrected chi connectivity index (χ3v) is 7.07. The van der Waals surface area contributed by atoms with Gasteiger partial charge in [0.15, 0.2) is 0 Å². The van der Waals surface area contributed by atoms with E-state index >= 15 is 0 Å². The van der Waals surface area contributed by atoms with Crippen LogP contribution in [0.5, 0.6) is 0 Å². The lowest BCUT2D eigenvalue weighted by atomic mass is 9.79. The molecule has 4 nitrogen and oxygen atoms in total. The Morgan fingerprint density at radius 1 is 1.00 bits per heavy atom. The fraction of sp³-hybridized carbons (Fsp3) is 0.700. The Hall–Kier alpha value is -0.510. The SMILES string of the molecule is CC1OP(N(Cc2ccccc2)C2CC(C)(C)NC(C)(C)C2)OC1C. The average molecular weight is 364 g/mol. The first-order valence-electron chi connectivity index (χ1n) is 9.39. The molecule has 2 fully saturated rings. The van der Waals surface area contributed by atoms with Gasteiger partial charge in [0.1, 0.15) is 0 Å². The lowest BCUT2D eigenvalue weighted by Crippen LogP contribution is -2.61. The molecular formula is C20H33N2O2P. The molecule has 2 heterocycles. The second-order valence-electron chi connectivity index (χ2n) is 8.90. The van der Waals surface area contributed by atoms with Crippen molar-refractivity contribution in [2.24, 2.45) is 0 Å². The molecule has 140 valence electrons. The van der Waals surface area contributed by atoms with Gasteiger partial charge in [0, 0.05) is 23.7 Å². The number of piperidine rings is 1. The van der Waals surface area contributed by atoms with Crippen LogP contribution in [0.3, 0.4) is 0 Å². The number of rotatable bonds is 4. The van der Waals surface area contributed by atoms with Gasteiger partial charge in [0.05, 0.1) is 12.2 Å². The number of nitrogens with one attached hydrogen (secondary N) is 1. The summed E-state index contributed by atoms with van der Waals surface area (Å²) in [6, 6.07) is 11.1. The summed E-state index contributed by atoms with van der Waals surface area (Å²) in [6.07, 6.45) is 2.51. The molecule has 0 amide bonds. The van der Waals surface area contributed by atoms with Gasteiger partial charge in [0.2, 0.25) is 0 Å². The Morgan fingerprint density at radius 3 is 2.04 bits per heavy atom. The molecule has 0 spiro atoms. The quantitative estimate of drug-likeness (QED) is 0.775. The van der Waals surface area contributed by atoms with Crippen LogP contribution in [0.4, 0.5) is 0 Å². The van der Waals surface area contributed by atoms with Crippen LogP contribution in [0.25, 0.3) is 0 Å². The van der Waals surface area contributed by atoms with Crippen molar-refractivity contribution < 1.29 is 9.05 Å². The molecule has 5 heteroatoms. The number of benzene rings is 1. The van der Waals surface area contributed by atoms with Crippen molar-refractivity contribution in [3.8, 4) is 0 Å². The van der Waals surface area contributed by atoms with E-state index in [0.29, 0.717) is 6.04 Å². The van der Waals surface area contributed by atoms with Crippen LogP contribution in [-0.2, 0) is 15.6 Å². The van der Waals surface area contributed by atoms with Crippen LogP contribution in [0.15, 0.2) is 30.3 Å². The first kappa shape index (κ1) is 19.3. The average Bonchev–Trinajstić information content (AvgIpc) is 2.82. The Morgan fingerprint density at radius 2 is 1.52 bits per heavy atom. The predicted molar refractivity (Wildman–Crippen MR) is 104 cm³/mol. The van der Waals surface area contributed by atoms with E-state index in [0.717, 1.165) is 19.4 Å². The molecular weight excluding hydrogens is 331 g/mol. The summed E-state index contributed by atoms with van der Waals surface area (Å²) < 4.78 is 15.0. The smallest absolute Gasteiger partial charge is 0.260 e. The molecule has 1 aromatic carbocycles. The van der Waals surface area contributed by atoms with Gasteiger partial charge in [-0.15, -0.1) is 0 Å². The third-order valence-electron chi connectivity index (χ3n) is 5.16. The van der Waals surface area contributed by atoms with Crippen molar-refractivity contribution in [3.63, 3.8) is 0 Å². The van der Waals surface area contributed by atoms with Gasteiger partial charge in [-0.25, -0.2) is 4.67 Å². The van der Waals surface area contributed by atoms with E-state index in [1.807, 2.05) is 0 Å². The van der Waals surface area contributed by atoms with E-state index in [4.69, 9.17) is 9.05 Å². The summed E-state index contributed by atoms with van der Waals surface area (Å²) in [4.78, 5) is 0. The van der Waals surface area contributed by atoms with Crippen LogP contribution in [0, 0.1) is 0 Å². The molecule has 3 rings (SSSR count). The lowest BCUT2D eigenvalue weighted by Gasteiger charge is -2.50. The zero-order valence-electron chi connectivity index (χ0n) is 16.5. The lowest BCUT2D eigenvalue weighted by molar-refractivity contribution is 0.0969. The van der Waals surface area contributed by atoms with Gasteiger partial charge in [-0.3, -0.25) is 0 Å². The zero-order valence-corrected chi connectivity index (χ0v) is 17.3. The Balaban J connectivity index is 1.85. The first-order valence-corrected chi connectivity index (χ1v) is 10.5. The van der Waals surface area contributed by atoms with E-state index in [2.05, 4.69) is 81.9 Å². The van der Waals surface area contributed by atoms with E-state index in [9.17, 15) is 0 Å². The summed E-state index contributed by atoms with van der Waals surface area (Å²) in [5, 5.41) is 3.79. The molecule has 0 saturated carbocycles. The molecule has 25 heavy (non-hydrogen) atoms. The van der Waals surface area contributed by atoms with Gasteiger partial charge in [-0.05, 0) is 59.9 Å². The summed E-state index contributed by atoms with van der Waals surface area (Å²) in [7, 11) is -1.01. The Labute approximate surface area is 154 Å². The fourth-order valence-corrected chi connectivity index (χ4v) is 6.08. The van der Waals surface area contributed by atoms with E-state index in [1.54, 1.807) is 0 Å². The molecule has 2 unspecified atom stereocenters. The van der Waals surface area contributed by atoms with Crippen molar-refractivity contribution in [2.45, 2.75) is 90.3 Å². The molecule has 0 bridgehead atoms. The predicted octanol–water partition coefficient (Wildman–Crippen LogP) is 4.85. The standard InChI is InChI=1S/C20H33N2O2P/c1-15-16(2)24-25(23-15)22(14-17-10-8-7-9-11-17)18-12-19(3,4)21-20(5,6)13-18/h7-11,15-16,18,21H,12-14H2,1-6H3. The minimum Gasteiger partial charge on any atom is -0.316 e. The Kier molecular flexibility index (Phi) is 5.58. The van der Waals surface area contributed by atoms with Crippen molar-refractivity contribution in [1.82, 2.24) is 9.99 Å². The monoisotopic (exact) mass is 364 g/mol. The normalized spacial score (nSPS) is 32.2. The molecule has 1 N–H and O–H groups in total. The van der Waals surface area contributed by atoms with Crippen molar-refractivity contribution in [3.05, 3.63) is 35.9 Å². The molecule has 2 saturated heterocycles. The first-order chi connectivity index (χ1) is 11.7. The van der Waals surface area contributed by atoms with Gasteiger partial charge in [-0.1, -0.05) is 30.3 Å². The molecule has 0 aromatic heterocycles. The van der Waals surface area contributed by atoms with Gasteiger partial charge < -0.3 is 14.4 Å². The number of nitrogens with zero attached hydrogens (tertiary/aromatic N) is 1. The molecule has 2 aliphatic heterocycles.